The Balaban J connectivity index is 1.45. The monoisotopic (exact) mass is 351 g/mol. The van der Waals surface area contributed by atoms with Gasteiger partial charge in [0.25, 0.3) is 5.78 Å². The molecule has 130 valence electrons. The second-order valence-electron chi connectivity index (χ2n) is 5.91. The summed E-state index contributed by atoms with van der Waals surface area (Å²) in [6.07, 6.45) is -0.00302. The zero-order chi connectivity index (χ0) is 17.7. The Hall–Kier alpha value is -3.75. The van der Waals surface area contributed by atoms with E-state index in [2.05, 4.69) is 20.4 Å². The Kier molecular flexibility index (Phi) is 3.02. The van der Waals surface area contributed by atoms with E-state index in [0.29, 0.717) is 23.2 Å². The van der Waals surface area contributed by atoms with Crippen molar-refractivity contribution in [2.45, 2.75) is 6.42 Å². The molecule has 0 spiro atoms. The van der Waals surface area contributed by atoms with Crippen LogP contribution in [0.15, 0.2) is 36.4 Å². The van der Waals surface area contributed by atoms with E-state index in [-0.39, 0.29) is 13.2 Å². The van der Waals surface area contributed by atoms with Gasteiger partial charge in [-0.3, -0.25) is 9.89 Å². The number of imidazole rings is 1. The highest BCUT2D eigenvalue weighted by Gasteiger charge is 2.18. The highest BCUT2D eigenvalue weighted by molar-refractivity contribution is 5.83. The van der Waals surface area contributed by atoms with Crippen molar-refractivity contribution < 1.29 is 19.4 Å². The number of hydrogen-bond donors (Lipinski definition) is 3. The lowest BCUT2D eigenvalue weighted by Crippen LogP contribution is -2.00. The van der Waals surface area contributed by atoms with Crippen molar-refractivity contribution in [1.29, 1.82) is 0 Å². The third-order valence-electron chi connectivity index (χ3n) is 4.13. The number of carboxylic acids is 1. The van der Waals surface area contributed by atoms with Crippen molar-refractivity contribution in [3.8, 4) is 11.5 Å². The van der Waals surface area contributed by atoms with Gasteiger partial charge in [-0.25, -0.2) is 9.50 Å². The second kappa shape index (κ2) is 5.38. The van der Waals surface area contributed by atoms with Crippen LogP contribution < -0.4 is 14.8 Å². The Bertz CT molecular complexity index is 1150. The average Bonchev–Trinajstić information content (AvgIpc) is 3.28. The molecule has 0 amide bonds. The third kappa shape index (κ3) is 2.37. The van der Waals surface area contributed by atoms with E-state index in [1.54, 1.807) is 28.8 Å². The van der Waals surface area contributed by atoms with Crippen molar-refractivity contribution in [2.75, 3.05) is 12.1 Å². The quantitative estimate of drug-likeness (QED) is 0.517. The highest BCUT2D eigenvalue weighted by Crippen LogP contribution is 2.36. The van der Waals surface area contributed by atoms with Crippen molar-refractivity contribution in [1.82, 2.24) is 19.6 Å². The van der Waals surface area contributed by atoms with Gasteiger partial charge in [0.1, 0.15) is 0 Å². The lowest BCUT2D eigenvalue weighted by molar-refractivity contribution is -0.136. The molecule has 9 nitrogen and oxygen atoms in total. The van der Waals surface area contributed by atoms with Crippen LogP contribution in [-0.2, 0) is 11.2 Å². The number of hydrogen-bond acceptors (Lipinski definition) is 6. The van der Waals surface area contributed by atoms with Crippen LogP contribution in [0.25, 0.3) is 16.8 Å². The fraction of sp³-hybridized carbons (Fsp3) is 0.118. The van der Waals surface area contributed by atoms with Gasteiger partial charge in [0.15, 0.2) is 11.5 Å². The molecule has 26 heavy (non-hydrogen) atoms. The van der Waals surface area contributed by atoms with Crippen molar-refractivity contribution in [3.05, 3.63) is 42.0 Å². The molecule has 2 aromatic carbocycles. The molecular formula is C17H13N5O4. The molecule has 3 N–H and O–H groups in total. The minimum atomic E-state index is -0.856. The topological polar surface area (TPSA) is 114 Å². The number of ether oxygens (including phenoxy) is 2. The summed E-state index contributed by atoms with van der Waals surface area (Å²) in [7, 11) is 0. The van der Waals surface area contributed by atoms with Crippen LogP contribution in [0.1, 0.15) is 5.56 Å². The zero-order valence-corrected chi connectivity index (χ0v) is 13.4. The first kappa shape index (κ1) is 14.6. The third-order valence-corrected chi connectivity index (χ3v) is 4.13. The smallest absolute Gasteiger partial charge is 0.307 e. The number of carbonyl (C=O) groups is 1. The standard InChI is InChI=1S/C17H13N5O4/c23-15(24)5-9-1-3-10(4-2-9)18-16-20-17-19-11-6-13-14(26-8-25-13)7-12(11)22(17)21-16/h1-4,6-7H,5,8H2,(H,23,24)(H2,18,19,20,21). The first-order valence-electron chi connectivity index (χ1n) is 7.91. The molecule has 4 aromatic rings. The van der Waals surface area contributed by atoms with Crippen molar-refractivity contribution in [2.24, 2.45) is 0 Å². The summed E-state index contributed by atoms with van der Waals surface area (Å²) in [5, 5.41) is 15.1. The summed E-state index contributed by atoms with van der Waals surface area (Å²) in [5.74, 6) is 1.55. The van der Waals surface area contributed by atoms with Crippen LogP contribution in [0.3, 0.4) is 0 Å². The fourth-order valence-corrected chi connectivity index (χ4v) is 2.94. The lowest BCUT2D eigenvalue weighted by Gasteiger charge is -2.03. The van der Waals surface area contributed by atoms with E-state index < -0.39 is 5.97 Å². The largest absolute Gasteiger partial charge is 0.481 e. The molecule has 0 saturated heterocycles. The minimum Gasteiger partial charge on any atom is -0.481 e. The van der Waals surface area contributed by atoms with E-state index in [9.17, 15) is 4.79 Å². The molecule has 0 fully saturated rings. The molecule has 9 heteroatoms. The van der Waals surface area contributed by atoms with E-state index in [4.69, 9.17) is 14.6 Å². The van der Waals surface area contributed by atoms with Crippen LogP contribution in [0, 0.1) is 0 Å². The van der Waals surface area contributed by atoms with Gasteiger partial charge < -0.3 is 19.9 Å². The molecule has 1 aliphatic heterocycles. The number of aliphatic carboxylic acids is 1. The number of anilines is 2. The molecule has 0 atom stereocenters. The zero-order valence-electron chi connectivity index (χ0n) is 13.4. The summed E-state index contributed by atoms with van der Waals surface area (Å²) in [4.78, 5) is 19.6. The van der Waals surface area contributed by atoms with E-state index in [1.165, 1.54) is 0 Å². The maximum atomic E-state index is 10.7. The molecular weight excluding hydrogens is 338 g/mol. The SMILES string of the molecule is O=C(O)Cc1ccc(Nc2nc3nc4cc5c(cc4n3[nH]2)OCO5)cc1. The number of benzene rings is 2. The number of aromatic nitrogens is 4. The molecule has 0 saturated carbocycles. The lowest BCUT2D eigenvalue weighted by atomic mass is 10.1. The predicted molar refractivity (Wildman–Crippen MR) is 92.0 cm³/mol. The maximum absolute atomic E-state index is 10.7. The molecule has 1 aliphatic rings. The summed E-state index contributed by atoms with van der Waals surface area (Å²) in [6.45, 7) is 0.212. The highest BCUT2D eigenvalue weighted by atomic mass is 16.7. The van der Waals surface area contributed by atoms with Gasteiger partial charge in [0, 0.05) is 17.8 Å². The molecule has 0 unspecified atom stereocenters. The van der Waals surface area contributed by atoms with Crippen molar-refractivity contribution in [3.63, 3.8) is 0 Å². The van der Waals surface area contributed by atoms with E-state index in [0.717, 1.165) is 22.3 Å². The normalized spacial score (nSPS) is 12.8. The Labute approximate surface area is 146 Å². The van der Waals surface area contributed by atoms with Gasteiger partial charge in [-0.05, 0) is 17.7 Å². The number of nitrogens with zero attached hydrogens (tertiary/aromatic N) is 3. The van der Waals surface area contributed by atoms with Crippen LogP contribution in [-0.4, -0.2) is 37.5 Å². The Morgan fingerprint density at radius 3 is 2.73 bits per heavy atom. The van der Waals surface area contributed by atoms with Crippen LogP contribution >= 0.6 is 0 Å². The minimum absolute atomic E-state index is 0.00302. The van der Waals surface area contributed by atoms with Crippen LogP contribution in [0.2, 0.25) is 0 Å². The number of aromatic amines is 1. The van der Waals surface area contributed by atoms with Crippen LogP contribution in [0.5, 0.6) is 11.5 Å². The molecule has 2 aromatic heterocycles. The number of rotatable bonds is 4. The average molecular weight is 351 g/mol. The van der Waals surface area contributed by atoms with Gasteiger partial charge in [0.2, 0.25) is 12.7 Å². The molecule has 0 aliphatic carbocycles. The van der Waals surface area contributed by atoms with Gasteiger partial charge in [-0.15, -0.1) is 0 Å². The molecule has 5 rings (SSSR count). The second-order valence-corrected chi connectivity index (χ2v) is 5.91. The van der Waals surface area contributed by atoms with Gasteiger partial charge in [-0.1, -0.05) is 12.1 Å². The number of H-pyrrole nitrogens is 1. The number of nitrogens with one attached hydrogen (secondary N) is 2. The Morgan fingerprint density at radius 2 is 1.96 bits per heavy atom. The van der Waals surface area contributed by atoms with E-state index in [1.807, 2.05) is 12.1 Å². The molecule has 0 radical (unpaired) electrons. The fourth-order valence-electron chi connectivity index (χ4n) is 2.94. The molecule has 0 bridgehead atoms. The first-order valence-corrected chi connectivity index (χ1v) is 7.91. The van der Waals surface area contributed by atoms with Gasteiger partial charge >= 0.3 is 5.97 Å². The van der Waals surface area contributed by atoms with Gasteiger partial charge in [-0.2, -0.15) is 4.98 Å². The summed E-state index contributed by atoms with van der Waals surface area (Å²) < 4.78 is 12.5. The van der Waals surface area contributed by atoms with Gasteiger partial charge in [0.05, 0.1) is 17.5 Å². The van der Waals surface area contributed by atoms with Crippen LogP contribution in [0.4, 0.5) is 11.6 Å². The predicted octanol–water partition coefficient (Wildman–Crippen LogP) is 2.31. The Morgan fingerprint density at radius 1 is 1.19 bits per heavy atom. The summed E-state index contributed by atoms with van der Waals surface area (Å²) in [5.41, 5.74) is 3.12. The first-order chi connectivity index (χ1) is 12.7. The summed E-state index contributed by atoms with van der Waals surface area (Å²) >= 11 is 0. The number of carboxylic acid groups (broad SMARTS) is 1. The summed E-state index contributed by atoms with van der Waals surface area (Å²) in [6, 6.07) is 10.8. The van der Waals surface area contributed by atoms with E-state index >= 15 is 0 Å². The number of fused-ring (bicyclic) bond motifs is 4. The maximum Gasteiger partial charge on any atom is 0.307 e. The molecule has 3 heterocycles. The van der Waals surface area contributed by atoms with Crippen molar-refractivity contribution >= 4 is 34.4 Å².